The highest BCUT2D eigenvalue weighted by Gasteiger charge is 2.10. The summed E-state index contributed by atoms with van der Waals surface area (Å²) in [5.41, 5.74) is 3.25. The Balaban J connectivity index is 2.18. The number of aromatic nitrogens is 2. The van der Waals surface area contributed by atoms with Gasteiger partial charge in [0.25, 0.3) is 0 Å². The zero-order chi connectivity index (χ0) is 12.5. The molecule has 0 fully saturated rings. The van der Waals surface area contributed by atoms with Crippen LogP contribution in [0, 0.1) is 0 Å². The van der Waals surface area contributed by atoms with Gasteiger partial charge in [-0.25, -0.2) is 4.98 Å². The molecule has 0 radical (unpaired) electrons. The molecule has 3 rings (SSSR count). The molecule has 0 saturated carbocycles. The standard InChI is InChI=1S/C15H14N2S/c1-10(2)15-17-14(9-18-15)12-7-8-16-13-6-4-3-5-11(12)13/h3-10H,1-2H3. The summed E-state index contributed by atoms with van der Waals surface area (Å²) in [5.74, 6) is 0.483. The highest BCUT2D eigenvalue weighted by Crippen LogP contribution is 2.30. The summed E-state index contributed by atoms with van der Waals surface area (Å²) < 4.78 is 0. The Morgan fingerprint density at radius 3 is 2.72 bits per heavy atom. The number of hydrogen-bond donors (Lipinski definition) is 0. The average molecular weight is 254 g/mol. The molecule has 0 aliphatic carbocycles. The van der Waals surface area contributed by atoms with Gasteiger partial charge in [0.2, 0.25) is 0 Å². The largest absolute Gasteiger partial charge is 0.256 e. The highest BCUT2D eigenvalue weighted by atomic mass is 32.1. The maximum absolute atomic E-state index is 4.72. The lowest BCUT2D eigenvalue weighted by Crippen LogP contribution is -1.87. The zero-order valence-electron chi connectivity index (χ0n) is 10.4. The predicted octanol–water partition coefficient (Wildman–Crippen LogP) is 4.48. The summed E-state index contributed by atoms with van der Waals surface area (Å²) in [6.45, 7) is 4.35. The SMILES string of the molecule is CC(C)c1nc(-c2ccnc3ccccc23)cs1. The molecule has 0 unspecified atom stereocenters. The van der Waals surface area contributed by atoms with Gasteiger partial charge in [-0.15, -0.1) is 11.3 Å². The van der Waals surface area contributed by atoms with Gasteiger partial charge < -0.3 is 0 Å². The van der Waals surface area contributed by atoms with Crippen molar-refractivity contribution >= 4 is 22.2 Å². The first-order chi connectivity index (χ1) is 8.75. The van der Waals surface area contributed by atoms with Gasteiger partial charge >= 0.3 is 0 Å². The number of pyridine rings is 1. The Kier molecular flexibility index (Phi) is 2.84. The molecular formula is C15H14N2S. The molecule has 0 amide bonds. The summed E-state index contributed by atoms with van der Waals surface area (Å²) >= 11 is 1.73. The maximum atomic E-state index is 4.72. The van der Waals surface area contributed by atoms with Crippen molar-refractivity contribution in [3.05, 3.63) is 46.9 Å². The summed E-state index contributed by atoms with van der Waals surface area (Å²) in [6, 6.07) is 10.2. The number of thiazole rings is 1. The molecule has 0 aliphatic heterocycles. The van der Waals surface area contributed by atoms with Crippen LogP contribution in [0.15, 0.2) is 41.9 Å². The topological polar surface area (TPSA) is 25.8 Å². The zero-order valence-corrected chi connectivity index (χ0v) is 11.2. The normalized spacial score (nSPS) is 11.3. The number of rotatable bonds is 2. The van der Waals surface area contributed by atoms with E-state index in [0.717, 1.165) is 11.2 Å². The minimum atomic E-state index is 0.483. The highest BCUT2D eigenvalue weighted by molar-refractivity contribution is 7.10. The Morgan fingerprint density at radius 1 is 1.11 bits per heavy atom. The average Bonchev–Trinajstić information content (AvgIpc) is 2.87. The molecule has 3 aromatic rings. The summed E-state index contributed by atoms with van der Waals surface area (Å²) in [6.07, 6.45) is 1.85. The van der Waals surface area contributed by atoms with Crippen LogP contribution in [0.25, 0.3) is 22.2 Å². The van der Waals surface area contributed by atoms with Crippen LogP contribution in [-0.2, 0) is 0 Å². The smallest absolute Gasteiger partial charge is 0.0958 e. The van der Waals surface area contributed by atoms with E-state index in [0.29, 0.717) is 5.92 Å². The Hall–Kier alpha value is -1.74. The minimum Gasteiger partial charge on any atom is -0.256 e. The first-order valence-electron chi connectivity index (χ1n) is 6.05. The second-order valence-corrected chi connectivity index (χ2v) is 5.49. The van der Waals surface area contributed by atoms with E-state index >= 15 is 0 Å². The monoisotopic (exact) mass is 254 g/mol. The van der Waals surface area contributed by atoms with E-state index in [9.17, 15) is 0 Å². The van der Waals surface area contributed by atoms with Crippen LogP contribution < -0.4 is 0 Å². The molecular weight excluding hydrogens is 240 g/mol. The Morgan fingerprint density at radius 2 is 1.94 bits per heavy atom. The fraction of sp³-hybridized carbons (Fsp3) is 0.200. The van der Waals surface area contributed by atoms with E-state index in [1.54, 1.807) is 11.3 Å². The molecule has 3 heteroatoms. The van der Waals surface area contributed by atoms with E-state index in [2.05, 4.69) is 30.3 Å². The lowest BCUT2D eigenvalue weighted by molar-refractivity contribution is 0.854. The van der Waals surface area contributed by atoms with Gasteiger partial charge in [-0.3, -0.25) is 4.98 Å². The van der Waals surface area contributed by atoms with Gasteiger partial charge in [0.15, 0.2) is 0 Å². The molecule has 18 heavy (non-hydrogen) atoms. The van der Waals surface area contributed by atoms with Crippen molar-refractivity contribution in [1.29, 1.82) is 0 Å². The van der Waals surface area contributed by atoms with Crippen molar-refractivity contribution in [3.63, 3.8) is 0 Å². The van der Waals surface area contributed by atoms with E-state index < -0.39 is 0 Å². The number of nitrogens with zero attached hydrogens (tertiary/aromatic N) is 2. The number of para-hydroxylation sites is 1. The molecule has 90 valence electrons. The molecule has 2 nitrogen and oxygen atoms in total. The van der Waals surface area contributed by atoms with Crippen LogP contribution in [0.3, 0.4) is 0 Å². The van der Waals surface area contributed by atoms with Gasteiger partial charge in [0.1, 0.15) is 0 Å². The molecule has 0 spiro atoms. The van der Waals surface area contributed by atoms with E-state index in [-0.39, 0.29) is 0 Å². The fourth-order valence-corrected chi connectivity index (χ4v) is 2.83. The number of benzene rings is 1. The van der Waals surface area contributed by atoms with Gasteiger partial charge in [-0.2, -0.15) is 0 Å². The number of fused-ring (bicyclic) bond motifs is 1. The van der Waals surface area contributed by atoms with E-state index in [1.165, 1.54) is 16.0 Å². The van der Waals surface area contributed by atoms with Crippen molar-refractivity contribution in [1.82, 2.24) is 9.97 Å². The summed E-state index contributed by atoms with van der Waals surface area (Å²) in [5, 5.41) is 4.49. The maximum Gasteiger partial charge on any atom is 0.0958 e. The van der Waals surface area contributed by atoms with Crippen LogP contribution in [0.5, 0.6) is 0 Å². The van der Waals surface area contributed by atoms with Crippen LogP contribution in [-0.4, -0.2) is 9.97 Å². The summed E-state index contributed by atoms with van der Waals surface area (Å²) in [4.78, 5) is 9.11. The van der Waals surface area contributed by atoms with Crippen molar-refractivity contribution in [2.24, 2.45) is 0 Å². The fourth-order valence-electron chi connectivity index (χ4n) is 2.00. The molecule has 0 aliphatic rings. The molecule has 0 N–H and O–H groups in total. The first-order valence-corrected chi connectivity index (χ1v) is 6.93. The Labute approximate surface area is 110 Å². The van der Waals surface area contributed by atoms with Gasteiger partial charge in [-0.05, 0) is 12.1 Å². The quantitative estimate of drug-likeness (QED) is 0.673. The minimum absolute atomic E-state index is 0.483. The first kappa shape index (κ1) is 11.4. The molecule has 0 bridgehead atoms. The molecule has 0 saturated heterocycles. The molecule has 2 aromatic heterocycles. The van der Waals surface area contributed by atoms with Crippen LogP contribution in [0.4, 0.5) is 0 Å². The Bertz CT molecular complexity index is 680. The van der Waals surface area contributed by atoms with Gasteiger partial charge in [0, 0.05) is 28.4 Å². The van der Waals surface area contributed by atoms with E-state index in [1.807, 2.05) is 30.5 Å². The van der Waals surface area contributed by atoms with Crippen molar-refractivity contribution < 1.29 is 0 Å². The lowest BCUT2D eigenvalue weighted by atomic mass is 10.1. The lowest BCUT2D eigenvalue weighted by Gasteiger charge is -2.03. The summed E-state index contributed by atoms with van der Waals surface area (Å²) in [7, 11) is 0. The third-order valence-corrected chi connectivity index (χ3v) is 4.09. The molecule has 0 atom stereocenters. The molecule has 1 aromatic carbocycles. The number of hydrogen-bond acceptors (Lipinski definition) is 3. The van der Waals surface area contributed by atoms with Crippen LogP contribution in [0.2, 0.25) is 0 Å². The third kappa shape index (κ3) is 1.91. The van der Waals surface area contributed by atoms with E-state index in [4.69, 9.17) is 4.98 Å². The van der Waals surface area contributed by atoms with Gasteiger partial charge in [-0.1, -0.05) is 32.0 Å². The second-order valence-electron chi connectivity index (χ2n) is 4.60. The van der Waals surface area contributed by atoms with Crippen LogP contribution >= 0.6 is 11.3 Å². The van der Waals surface area contributed by atoms with Crippen LogP contribution in [0.1, 0.15) is 24.8 Å². The predicted molar refractivity (Wildman–Crippen MR) is 76.9 cm³/mol. The van der Waals surface area contributed by atoms with Gasteiger partial charge in [0.05, 0.1) is 16.2 Å². The second kappa shape index (κ2) is 4.50. The van der Waals surface area contributed by atoms with Crippen molar-refractivity contribution in [3.8, 4) is 11.3 Å². The van der Waals surface area contributed by atoms with Crippen molar-refractivity contribution in [2.75, 3.05) is 0 Å². The molecule has 2 heterocycles. The third-order valence-electron chi connectivity index (χ3n) is 2.94. The van der Waals surface area contributed by atoms with Crippen molar-refractivity contribution in [2.45, 2.75) is 19.8 Å².